The van der Waals surface area contributed by atoms with Gasteiger partial charge in [0, 0.05) is 37.1 Å². The minimum atomic E-state index is -0.215. The number of aromatic nitrogens is 2. The summed E-state index contributed by atoms with van der Waals surface area (Å²) in [4.78, 5) is 42.1. The monoisotopic (exact) mass is 404 g/mol. The predicted octanol–water partition coefficient (Wildman–Crippen LogP) is 2.58. The molecular formula is C23H24N4O3. The van der Waals surface area contributed by atoms with Crippen LogP contribution in [0.1, 0.15) is 40.7 Å². The van der Waals surface area contributed by atoms with E-state index in [0.717, 1.165) is 0 Å². The SMILES string of the molecule is CC(C)n1nc(C(=O)N2CCN(C(=O)c3ccccc3)CC2)c2ccccc2c1=O. The second-order valence-electron chi connectivity index (χ2n) is 7.69. The molecule has 2 heterocycles. The molecule has 1 aliphatic rings. The average molecular weight is 404 g/mol. The van der Waals surface area contributed by atoms with Gasteiger partial charge in [0.25, 0.3) is 17.4 Å². The van der Waals surface area contributed by atoms with E-state index < -0.39 is 0 Å². The van der Waals surface area contributed by atoms with Crippen LogP contribution in [0.3, 0.4) is 0 Å². The Bertz CT molecular complexity index is 1150. The molecule has 1 saturated heterocycles. The van der Waals surface area contributed by atoms with Crippen LogP contribution >= 0.6 is 0 Å². The third-order valence-electron chi connectivity index (χ3n) is 5.39. The van der Waals surface area contributed by atoms with E-state index in [4.69, 9.17) is 0 Å². The Morgan fingerprint density at radius 2 is 1.33 bits per heavy atom. The molecule has 0 unspecified atom stereocenters. The van der Waals surface area contributed by atoms with Crippen LogP contribution in [-0.4, -0.2) is 57.6 Å². The van der Waals surface area contributed by atoms with Gasteiger partial charge in [0.2, 0.25) is 0 Å². The molecular weight excluding hydrogens is 380 g/mol. The van der Waals surface area contributed by atoms with Crippen LogP contribution in [0, 0.1) is 0 Å². The lowest BCUT2D eigenvalue weighted by molar-refractivity contribution is 0.0532. The number of piperazine rings is 1. The standard InChI is InChI=1S/C23H24N4O3/c1-16(2)27-22(29)19-11-7-6-10-18(19)20(24-27)23(30)26-14-12-25(13-15-26)21(28)17-8-4-3-5-9-17/h3-11,16H,12-15H2,1-2H3. The number of carbonyl (C=O) groups is 2. The molecule has 4 rings (SSSR count). The van der Waals surface area contributed by atoms with Gasteiger partial charge in [-0.3, -0.25) is 14.4 Å². The fraction of sp³-hybridized carbons (Fsp3) is 0.304. The van der Waals surface area contributed by atoms with Gasteiger partial charge in [0.05, 0.1) is 11.4 Å². The second-order valence-corrected chi connectivity index (χ2v) is 7.69. The van der Waals surface area contributed by atoms with Crippen molar-refractivity contribution in [2.24, 2.45) is 0 Å². The van der Waals surface area contributed by atoms with Gasteiger partial charge in [0.15, 0.2) is 5.69 Å². The van der Waals surface area contributed by atoms with Gasteiger partial charge >= 0.3 is 0 Å². The molecule has 3 aromatic rings. The zero-order chi connectivity index (χ0) is 21.3. The fourth-order valence-electron chi connectivity index (χ4n) is 3.74. The quantitative estimate of drug-likeness (QED) is 0.672. The molecule has 2 aromatic carbocycles. The van der Waals surface area contributed by atoms with E-state index in [-0.39, 0.29) is 29.1 Å². The number of hydrogen-bond donors (Lipinski definition) is 0. The predicted molar refractivity (Wildman–Crippen MR) is 115 cm³/mol. The van der Waals surface area contributed by atoms with Crippen LogP contribution < -0.4 is 5.56 Å². The molecule has 1 aliphatic heterocycles. The summed E-state index contributed by atoms with van der Waals surface area (Å²) < 4.78 is 1.37. The molecule has 0 spiro atoms. The Hall–Kier alpha value is -3.48. The molecule has 0 bridgehead atoms. The summed E-state index contributed by atoms with van der Waals surface area (Å²) in [6.45, 7) is 5.50. The summed E-state index contributed by atoms with van der Waals surface area (Å²) in [6, 6.07) is 16.1. The second kappa shape index (κ2) is 8.10. The van der Waals surface area contributed by atoms with Crippen molar-refractivity contribution in [3.8, 4) is 0 Å². The summed E-state index contributed by atoms with van der Waals surface area (Å²) in [5.74, 6) is -0.243. The molecule has 7 heteroatoms. The highest BCUT2D eigenvalue weighted by Gasteiger charge is 2.28. The zero-order valence-electron chi connectivity index (χ0n) is 17.1. The van der Waals surface area contributed by atoms with Crippen molar-refractivity contribution in [3.63, 3.8) is 0 Å². The van der Waals surface area contributed by atoms with Gasteiger partial charge < -0.3 is 9.80 Å². The van der Waals surface area contributed by atoms with Crippen molar-refractivity contribution in [2.75, 3.05) is 26.2 Å². The largest absolute Gasteiger partial charge is 0.335 e. The van der Waals surface area contributed by atoms with Gasteiger partial charge in [-0.25, -0.2) is 4.68 Å². The molecule has 154 valence electrons. The molecule has 0 N–H and O–H groups in total. The van der Waals surface area contributed by atoms with E-state index in [1.165, 1.54) is 4.68 Å². The highest BCUT2D eigenvalue weighted by Crippen LogP contribution is 2.18. The number of carbonyl (C=O) groups excluding carboxylic acids is 2. The van der Waals surface area contributed by atoms with Gasteiger partial charge in [-0.05, 0) is 32.0 Å². The Kier molecular flexibility index (Phi) is 5.35. The Morgan fingerprint density at radius 1 is 0.800 bits per heavy atom. The third kappa shape index (κ3) is 3.58. The molecule has 0 atom stereocenters. The van der Waals surface area contributed by atoms with E-state index in [1.54, 1.807) is 46.2 Å². The topological polar surface area (TPSA) is 75.5 Å². The maximum absolute atomic E-state index is 13.3. The Morgan fingerprint density at radius 3 is 1.93 bits per heavy atom. The minimum Gasteiger partial charge on any atom is -0.335 e. The highest BCUT2D eigenvalue weighted by atomic mass is 16.2. The number of nitrogens with zero attached hydrogens (tertiary/aromatic N) is 4. The van der Waals surface area contributed by atoms with Crippen LogP contribution in [0.5, 0.6) is 0 Å². The summed E-state index contributed by atoms with van der Waals surface area (Å²) in [5.41, 5.74) is 0.728. The van der Waals surface area contributed by atoms with Gasteiger partial charge in [0.1, 0.15) is 0 Å². The third-order valence-corrected chi connectivity index (χ3v) is 5.39. The van der Waals surface area contributed by atoms with Crippen LogP contribution in [-0.2, 0) is 0 Å². The van der Waals surface area contributed by atoms with Gasteiger partial charge in [-0.15, -0.1) is 0 Å². The van der Waals surface area contributed by atoms with Crippen molar-refractivity contribution in [1.82, 2.24) is 19.6 Å². The van der Waals surface area contributed by atoms with Crippen molar-refractivity contribution in [2.45, 2.75) is 19.9 Å². The van der Waals surface area contributed by atoms with Gasteiger partial charge in [-0.2, -0.15) is 5.10 Å². The minimum absolute atomic E-state index is 0.0281. The summed E-state index contributed by atoms with van der Waals surface area (Å²) in [5, 5.41) is 5.46. The highest BCUT2D eigenvalue weighted by molar-refractivity contribution is 6.05. The number of benzene rings is 2. The summed E-state index contributed by atoms with van der Waals surface area (Å²) >= 11 is 0. The van der Waals surface area contributed by atoms with Crippen LogP contribution in [0.4, 0.5) is 0 Å². The molecule has 30 heavy (non-hydrogen) atoms. The maximum atomic E-state index is 13.3. The Balaban J connectivity index is 1.58. The zero-order valence-corrected chi connectivity index (χ0v) is 17.1. The lowest BCUT2D eigenvalue weighted by Crippen LogP contribution is -2.51. The number of hydrogen-bond acceptors (Lipinski definition) is 4. The molecule has 0 radical (unpaired) electrons. The number of rotatable bonds is 3. The lowest BCUT2D eigenvalue weighted by atomic mass is 10.1. The normalized spacial score (nSPS) is 14.4. The number of fused-ring (bicyclic) bond motifs is 1. The molecule has 7 nitrogen and oxygen atoms in total. The van der Waals surface area contributed by atoms with E-state index in [1.807, 2.05) is 32.0 Å². The van der Waals surface area contributed by atoms with Gasteiger partial charge in [-0.1, -0.05) is 36.4 Å². The molecule has 2 amide bonds. The fourth-order valence-corrected chi connectivity index (χ4v) is 3.74. The first-order valence-electron chi connectivity index (χ1n) is 10.1. The molecule has 1 fully saturated rings. The lowest BCUT2D eigenvalue weighted by Gasteiger charge is -2.34. The van der Waals surface area contributed by atoms with Crippen molar-refractivity contribution >= 4 is 22.6 Å². The van der Waals surface area contributed by atoms with E-state index >= 15 is 0 Å². The average Bonchev–Trinajstić information content (AvgIpc) is 2.79. The number of amides is 2. The van der Waals surface area contributed by atoms with Crippen molar-refractivity contribution in [1.29, 1.82) is 0 Å². The first kappa shape index (κ1) is 19.8. The summed E-state index contributed by atoms with van der Waals surface area (Å²) in [6.07, 6.45) is 0. The van der Waals surface area contributed by atoms with Crippen molar-refractivity contribution in [3.05, 3.63) is 76.2 Å². The van der Waals surface area contributed by atoms with E-state index in [9.17, 15) is 14.4 Å². The van der Waals surface area contributed by atoms with Crippen LogP contribution in [0.15, 0.2) is 59.4 Å². The first-order chi connectivity index (χ1) is 14.5. The molecule has 0 saturated carbocycles. The van der Waals surface area contributed by atoms with Crippen LogP contribution in [0.2, 0.25) is 0 Å². The molecule has 0 aliphatic carbocycles. The van der Waals surface area contributed by atoms with E-state index in [2.05, 4.69) is 5.10 Å². The first-order valence-corrected chi connectivity index (χ1v) is 10.1. The summed E-state index contributed by atoms with van der Waals surface area (Å²) in [7, 11) is 0. The molecule has 1 aromatic heterocycles. The van der Waals surface area contributed by atoms with Crippen LogP contribution in [0.25, 0.3) is 10.8 Å². The maximum Gasteiger partial charge on any atom is 0.275 e. The smallest absolute Gasteiger partial charge is 0.275 e. The van der Waals surface area contributed by atoms with Crippen molar-refractivity contribution < 1.29 is 9.59 Å². The Labute approximate surface area is 174 Å². The van der Waals surface area contributed by atoms with E-state index in [0.29, 0.717) is 42.5 Å².